The van der Waals surface area contributed by atoms with Crippen molar-refractivity contribution in [2.45, 2.75) is 13.3 Å². The molecule has 0 radical (unpaired) electrons. The lowest BCUT2D eigenvalue weighted by atomic mass is 9.97. The summed E-state index contributed by atoms with van der Waals surface area (Å²) in [4.78, 5) is 16.3. The van der Waals surface area contributed by atoms with Crippen LogP contribution in [0.1, 0.15) is 23.8 Å². The first kappa shape index (κ1) is 12.8. The Morgan fingerprint density at radius 1 is 1.38 bits per heavy atom. The van der Waals surface area contributed by atoms with E-state index in [-0.39, 0.29) is 11.7 Å². The summed E-state index contributed by atoms with van der Waals surface area (Å²) in [5, 5.41) is 0. The van der Waals surface area contributed by atoms with Crippen molar-refractivity contribution in [3.8, 4) is 0 Å². The Labute approximate surface area is 97.7 Å². The van der Waals surface area contributed by atoms with Gasteiger partial charge in [-0.15, -0.1) is 0 Å². The molecule has 0 N–H and O–H groups in total. The summed E-state index contributed by atoms with van der Waals surface area (Å²) in [7, 11) is 6.32. The third-order valence-corrected chi connectivity index (χ3v) is 2.55. The fraction of sp³-hybridized carbons (Fsp3) is 0.538. The van der Waals surface area contributed by atoms with E-state index < -0.39 is 0 Å². The highest BCUT2D eigenvalue weighted by molar-refractivity contribution is 5.96. The molecule has 0 aromatic carbocycles. The summed E-state index contributed by atoms with van der Waals surface area (Å²) in [5.41, 5.74) is 0.586. The largest absolute Gasteiger partial charge is 0.330 e. The monoisotopic (exact) mass is 221 g/mol. The molecule has 1 aromatic rings. The summed E-state index contributed by atoms with van der Waals surface area (Å²) in [6, 6.07) is 5.48. The van der Waals surface area contributed by atoms with E-state index >= 15 is 0 Å². The first-order valence-corrected chi connectivity index (χ1v) is 5.69. The van der Waals surface area contributed by atoms with Crippen molar-refractivity contribution in [3.63, 3.8) is 0 Å². The molecule has 0 fully saturated rings. The number of aromatic nitrogens is 1. The summed E-state index contributed by atoms with van der Waals surface area (Å²) < 4.78 is 0.803. The van der Waals surface area contributed by atoms with Gasteiger partial charge in [0.2, 0.25) is 0 Å². The second kappa shape index (κ2) is 5.21. The second-order valence-corrected chi connectivity index (χ2v) is 5.16. The molecule has 0 aliphatic carbocycles. The van der Waals surface area contributed by atoms with Gasteiger partial charge in [-0.3, -0.25) is 9.78 Å². The SMILES string of the molecule is CCC(C[N+](C)(C)C)C(=O)c1ccccn1. The fourth-order valence-corrected chi connectivity index (χ4v) is 1.78. The Hall–Kier alpha value is -1.22. The first-order chi connectivity index (χ1) is 7.44. The Morgan fingerprint density at radius 2 is 2.06 bits per heavy atom. The minimum atomic E-state index is 0.0647. The minimum absolute atomic E-state index is 0.0647. The van der Waals surface area contributed by atoms with Gasteiger partial charge >= 0.3 is 0 Å². The Kier molecular flexibility index (Phi) is 4.19. The van der Waals surface area contributed by atoms with Crippen molar-refractivity contribution in [3.05, 3.63) is 30.1 Å². The topological polar surface area (TPSA) is 30.0 Å². The van der Waals surface area contributed by atoms with Crippen LogP contribution in [0.15, 0.2) is 24.4 Å². The molecule has 88 valence electrons. The van der Waals surface area contributed by atoms with Crippen LogP contribution in [0.2, 0.25) is 0 Å². The zero-order chi connectivity index (χ0) is 12.2. The molecule has 1 atom stereocenters. The number of hydrogen-bond acceptors (Lipinski definition) is 2. The van der Waals surface area contributed by atoms with E-state index in [1.807, 2.05) is 12.1 Å². The number of Topliss-reactive ketones (excluding diaryl/α,β-unsaturated/α-hetero) is 1. The molecule has 0 bridgehead atoms. The van der Waals surface area contributed by atoms with E-state index in [0.717, 1.165) is 17.4 Å². The Balaban J connectivity index is 2.78. The highest BCUT2D eigenvalue weighted by Gasteiger charge is 2.25. The van der Waals surface area contributed by atoms with E-state index in [9.17, 15) is 4.79 Å². The highest BCUT2D eigenvalue weighted by atomic mass is 16.1. The smallest absolute Gasteiger partial charge is 0.189 e. The number of quaternary nitrogens is 1. The van der Waals surface area contributed by atoms with Gasteiger partial charge in [0.05, 0.1) is 33.6 Å². The summed E-state index contributed by atoms with van der Waals surface area (Å²) in [6.45, 7) is 2.91. The van der Waals surface area contributed by atoms with Gasteiger partial charge in [0.1, 0.15) is 5.69 Å². The van der Waals surface area contributed by atoms with E-state index in [1.165, 1.54) is 0 Å². The van der Waals surface area contributed by atoms with Crippen molar-refractivity contribution >= 4 is 5.78 Å². The highest BCUT2D eigenvalue weighted by Crippen LogP contribution is 2.13. The summed E-state index contributed by atoms with van der Waals surface area (Å²) >= 11 is 0. The number of nitrogens with zero attached hydrogens (tertiary/aromatic N) is 2. The summed E-state index contributed by atoms with van der Waals surface area (Å²) in [6.07, 6.45) is 2.54. The van der Waals surface area contributed by atoms with Gasteiger partial charge in [-0.1, -0.05) is 13.0 Å². The molecule has 0 saturated carbocycles. The molecule has 0 saturated heterocycles. The summed E-state index contributed by atoms with van der Waals surface area (Å²) in [5.74, 6) is 0.228. The minimum Gasteiger partial charge on any atom is -0.330 e. The van der Waals surface area contributed by atoms with E-state index in [1.54, 1.807) is 12.3 Å². The lowest BCUT2D eigenvalue weighted by molar-refractivity contribution is -0.872. The van der Waals surface area contributed by atoms with Crippen molar-refractivity contribution in [1.82, 2.24) is 4.98 Å². The number of ketones is 1. The molecule has 0 amide bonds. The van der Waals surface area contributed by atoms with E-state index in [2.05, 4.69) is 33.1 Å². The Morgan fingerprint density at radius 3 is 2.50 bits per heavy atom. The van der Waals surface area contributed by atoms with Crippen LogP contribution < -0.4 is 0 Å². The third kappa shape index (κ3) is 3.74. The standard InChI is InChI=1S/C13H21N2O/c1-5-11(10-15(2,3)4)13(16)12-8-6-7-9-14-12/h6-9,11H,5,10H2,1-4H3/q+1. The zero-order valence-electron chi connectivity index (χ0n) is 10.6. The molecule has 16 heavy (non-hydrogen) atoms. The zero-order valence-corrected chi connectivity index (χ0v) is 10.6. The van der Waals surface area contributed by atoms with Crippen molar-refractivity contribution in [2.75, 3.05) is 27.7 Å². The number of rotatable bonds is 5. The van der Waals surface area contributed by atoms with Crippen LogP contribution in [0, 0.1) is 5.92 Å². The van der Waals surface area contributed by atoms with Crippen LogP contribution in [-0.2, 0) is 0 Å². The maximum absolute atomic E-state index is 12.2. The van der Waals surface area contributed by atoms with Crippen LogP contribution in [0.5, 0.6) is 0 Å². The number of carbonyl (C=O) groups excluding carboxylic acids is 1. The van der Waals surface area contributed by atoms with E-state index in [0.29, 0.717) is 5.69 Å². The molecule has 0 aliphatic heterocycles. The second-order valence-electron chi connectivity index (χ2n) is 5.16. The molecule has 1 aromatic heterocycles. The van der Waals surface area contributed by atoms with Gasteiger partial charge in [0.25, 0.3) is 0 Å². The number of hydrogen-bond donors (Lipinski definition) is 0. The first-order valence-electron chi connectivity index (χ1n) is 5.69. The van der Waals surface area contributed by atoms with Crippen LogP contribution in [0.4, 0.5) is 0 Å². The van der Waals surface area contributed by atoms with Crippen molar-refractivity contribution in [1.29, 1.82) is 0 Å². The van der Waals surface area contributed by atoms with Crippen LogP contribution in [0.25, 0.3) is 0 Å². The molecule has 3 nitrogen and oxygen atoms in total. The molecule has 1 rings (SSSR count). The molecule has 1 unspecified atom stereocenters. The molecule has 3 heteroatoms. The average Bonchev–Trinajstić information content (AvgIpc) is 2.25. The number of carbonyl (C=O) groups is 1. The van der Waals surface area contributed by atoms with Crippen LogP contribution in [-0.4, -0.2) is 42.9 Å². The fourth-order valence-electron chi connectivity index (χ4n) is 1.78. The molecular weight excluding hydrogens is 200 g/mol. The average molecular weight is 221 g/mol. The molecule has 1 heterocycles. The van der Waals surface area contributed by atoms with Crippen molar-refractivity contribution in [2.24, 2.45) is 5.92 Å². The Bertz CT molecular complexity index is 341. The van der Waals surface area contributed by atoms with Gasteiger partial charge in [0, 0.05) is 6.20 Å². The molecule has 0 aliphatic rings. The van der Waals surface area contributed by atoms with Gasteiger partial charge < -0.3 is 4.48 Å². The normalized spacial score (nSPS) is 13.5. The predicted octanol–water partition coefficient (Wildman–Crippen LogP) is 2.00. The van der Waals surface area contributed by atoms with Gasteiger partial charge in [-0.25, -0.2) is 0 Å². The van der Waals surface area contributed by atoms with Crippen LogP contribution >= 0.6 is 0 Å². The maximum atomic E-state index is 12.2. The van der Waals surface area contributed by atoms with Crippen molar-refractivity contribution < 1.29 is 9.28 Å². The maximum Gasteiger partial charge on any atom is 0.189 e. The molecular formula is C13H21N2O+. The quantitative estimate of drug-likeness (QED) is 0.562. The lowest BCUT2D eigenvalue weighted by Gasteiger charge is -2.27. The molecule has 0 spiro atoms. The van der Waals surface area contributed by atoms with Crippen LogP contribution in [0.3, 0.4) is 0 Å². The third-order valence-electron chi connectivity index (χ3n) is 2.55. The lowest BCUT2D eigenvalue weighted by Crippen LogP contribution is -2.41. The number of pyridine rings is 1. The van der Waals surface area contributed by atoms with Gasteiger partial charge in [-0.05, 0) is 18.6 Å². The van der Waals surface area contributed by atoms with Gasteiger partial charge in [0.15, 0.2) is 5.78 Å². The van der Waals surface area contributed by atoms with E-state index in [4.69, 9.17) is 0 Å². The van der Waals surface area contributed by atoms with Gasteiger partial charge in [-0.2, -0.15) is 0 Å². The predicted molar refractivity (Wildman–Crippen MR) is 65.2 cm³/mol.